The molecule has 0 fully saturated rings. The van der Waals surface area contributed by atoms with Gasteiger partial charge in [0.05, 0.1) is 5.71 Å². The van der Waals surface area contributed by atoms with E-state index < -0.39 is 5.63 Å². The van der Waals surface area contributed by atoms with Crippen LogP contribution in [0.15, 0.2) is 20.4 Å². The normalized spacial score (nSPS) is 11.4. The van der Waals surface area contributed by atoms with Gasteiger partial charge >= 0.3 is 5.63 Å². The zero-order valence-electron chi connectivity index (χ0n) is 12.0. The quantitative estimate of drug-likeness (QED) is 0.474. The maximum Gasteiger partial charge on any atom is 0.348 e. The van der Waals surface area contributed by atoms with Crippen molar-refractivity contribution < 1.29 is 14.3 Å². The Bertz CT molecular complexity index is 561. The number of aryl methyl sites for hydroxylation is 1. The Hall–Kier alpha value is -2.11. The van der Waals surface area contributed by atoms with Gasteiger partial charge in [-0.25, -0.2) is 10.2 Å². The summed E-state index contributed by atoms with van der Waals surface area (Å²) < 4.78 is 4.89. The third-order valence-corrected chi connectivity index (χ3v) is 2.77. The fourth-order valence-corrected chi connectivity index (χ4v) is 1.72. The summed E-state index contributed by atoms with van der Waals surface area (Å²) in [5.41, 5.74) is 1.86. The van der Waals surface area contributed by atoms with Crippen molar-refractivity contribution in [1.29, 1.82) is 0 Å². The van der Waals surface area contributed by atoms with Crippen molar-refractivity contribution in [1.82, 2.24) is 5.43 Å². The van der Waals surface area contributed by atoms with Crippen molar-refractivity contribution in [2.24, 2.45) is 5.10 Å². The van der Waals surface area contributed by atoms with Gasteiger partial charge in [0.25, 0.3) is 0 Å². The van der Waals surface area contributed by atoms with Crippen LogP contribution in [0, 0.1) is 6.92 Å². The smallest absolute Gasteiger partial charge is 0.348 e. The number of rotatable bonds is 6. The molecule has 0 atom stereocenters. The number of carbonyl (C=O) groups is 1. The highest BCUT2D eigenvalue weighted by molar-refractivity contribution is 6.01. The third kappa shape index (κ3) is 4.53. The fraction of sp³-hybridized carbons (Fsp3) is 0.500. The summed E-state index contributed by atoms with van der Waals surface area (Å²) in [5, 5.41) is 13.5. The Morgan fingerprint density at radius 2 is 2.15 bits per heavy atom. The van der Waals surface area contributed by atoms with Crippen molar-refractivity contribution in [3.8, 4) is 5.75 Å². The van der Waals surface area contributed by atoms with Gasteiger partial charge in [-0.15, -0.1) is 0 Å². The summed E-state index contributed by atoms with van der Waals surface area (Å²) in [6, 6.07) is 1.33. The number of nitrogens with one attached hydrogen (secondary N) is 1. The molecule has 0 unspecified atom stereocenters. The molecular weight excluding hydrogens is 260 g/mol. The molecule has 1 rings (SSSR count). The lowest BCUT2D eigenvalue weighted by Crippen LogP contribution is -2.21. The van der Waals surface area contributed by atoms with E-state index in [-0.39, 0.29) is 22.9 Å². The lowest BCUT2D eigenvalue weighted by Gasteiger charge is -2.04. The van der Waals surface area contributed by atoms with Gasteiger partial charge in [-0.2, -0.15) is 5.10 Å². The van der Waals surface area contributed by atoms with Crippen LogP contribution < -0.4 is 11.1 Å². The monoisotopic (exact) mass is 280 g/mol. The molecular formula is C14H20N2O4. The zero-order chi connectivity index (χ0) is 15.1. The standard InChI is InChI=1S/C14H20N2O4/c1-4-5-6-7-12(18)16-15-10(3)13-11(17)8-9(2)20-14(13)19/h8,17H,4-7H2,1-3H3,(H,16,18)/b15-10+. The molecule has 1 amide bonds. The highest BCUT2D eigenvalue weighted by Gasteiger charge is 2.13. The maximum absolute atomic E-state index is 11.6. The summed E-state index contributed by atoms with van der Waals surface area (Å²) in [6.45, 7) is 5.14. The van der Waals surface area contributed by atoms with Crippen LogP contribution in [-0.4, -0.2) is 16.7 Å². The first-order valence-electron chi connectivity index (χ1n) is 6.63. The molecule has 110 valence electrons. The van der Waals surface area contributed by atoms with Crippen molar-refractivity contribution in [3.05, 3.63) is 27.8 Å². The van der Waals surface area contributed by atoms with Crippen LogP contribution in [-0.2, 0) is 4.79 Å². The molecule has 0 radical (unpaired) electrons. The molecule has 0 aliphatic heterocycles. The first-order chi connectivity index (χ1) is 9.45. The average Bonchev–Trinajstić information content (AvgIpc) is 2.35. The molecule has 6 heteroatoms. The third-order valence-electron chi connectivity index (χ3n) is 2.77. The second kappa shape index (κ2) is 7.47. The Morgan fingerprint density at radius 1 is 1.45 bits per heavy atom. The molecule has 1 aromatic rings. The molecule has 1 aromatic heterocycles. The molecule has 0 saturated heterocycles. The largest absolute Gasteiger partial charge is 0.507 e. The Labute approximate surface area is 117 Å². The van der Waals surface area contributed by atoms with Gasteiger partial charge in [0.15, 0.2) is 0 Å². The Kier molecular flexibility index (Phi) is 5.96. The number of hydrogen-bond acceptors (Lipinski definition) is 5. The second-order valence-corrected chi connectivity index (χ2v) is 4.59. The van der Waals surface area contributed by atoms with E-state index in [2.05, 4.69) is 17.5 Å². The van der Waals surface area contributed by atoms with Gasteiger partial charge in [0.1, 0.15) is 17.1 Å². The highest BCUT2D eigenvalue weighted by atomic mass is 16.4. The average molecular weight is 280 g/mol. The minimum Gasteiger partial charge on any atom is -0.507 e. The predicted octanol–water partition coefficient (Wildman–Crippen LogP) is 2.07. The van der Waals surface area contributed by atoms with E-state index in [0.29, 0.717) is 12.2 Å². The van der Waals surface area contributed by atoms with Gasteiger partial charge in [0.2, 0.25) is 5.91 Å². The lowest BCUT2D eigenvalue weighted by atomic mass is 10.2. The molecule has 0 aliphatic rings. The number of aromatic hydroxyl groups is 1. The summed E-state index contributed by atoms with van der Waals surface area (Å²) in [5.74, 6) is -0.110. The minimum atomic E-state index is -0.677. The first kappa shape index (κ1) is 15.9. The van der Waals surface area contributed by atoms with Crippen molar-refractivity contribution in [2.75, 3.05) is 0 Å². The minimum absolute atomic E-state index is 0.0375. The van der Waals surface area contributed by atoms with Gasteiger partial charge in [-0.1, -0.05) is 19.8 Å². The first-order valence-corrected chi connectivity index (χ1v) is 6.63. The van der Waals surface area contributed by atoms with Gasteiger partial charge in [-0.3, -0.25) is 4.79 Å². The van der Waals surface area contributed by atoms with Crippen LogP contribution in [0.1, 0.15) is 50.9 Å². The summed E-state index contributed by atoms with van der Waals surface area (Å²) >= 11 is 0. The van der Waals surface area contributed by atoms with Crippen LogP contribution in [0.25, 0.3) is 0 Å². The summed E-state index contributed by atoms with van der Waals surface area (Å²) in [4.78, 5) is 23.1. The molecule has 2 N–H and O–H groups in total. The van der Waals surface area contributed by atoms with E-state index in [9.17, 15) is 14.7 Å². The van der Waals surface area contributed by atoms with E-state index in [4.69, 9.17) is 4.42 Å². The topological polar surface area (TPSA) is 91.9 Å². The number of hydrazone groups is 1. The van der Waals surface area contributed by atoms with Crippen LogP contribution in [0.2, 0.25) is 0 Å². The van der Waals surface area contributed by atoms with Gasteiger partial charge in [0, 0.05) is 12.5 Å². The number of hydrogen-bond donors (Lipinski definition) is 2. The summed E-state index contributed by atoms with van der Waals surface area (Å²) in [6.07, 6.45) is 3.21. The summed E-state index contributed by atoms with van der Waals surface area (Å²) in [7, 11) is 0. The van der Waals surface area contributed by atoms with Gasteiger partial charge < -0.3 is 9.52 Å². The highest BCUT2D eigenvalue weighted by Crippen LogP contribution is 2.15. The van der Waals surface area contributed by atoms with Crippen LogP contribution in [0.3, 0.4) is 0 Å². The molecule has 0 aromatic carbocycles. The molecule has 0 aliphatic carbocycles. The molecule has 6 nitrogen and oxygen atoms in total. The van der Waals surface area contributed by atoms with Crippen LogP contribution in [0.5, 0.6) is 5.75 Å². The lowest BCUT2D eigenvalue weighted by molar-refractivity contribution is -0.121. The zero-order valence-corrected chi connectivity index (χ0v) is 12.0. The number of carbonyl (C=O) groups excluding carboxylic acids is 1. The van der Waals surface area contributed by atoms with Gasteiger partial charge in [-0.05, 0) is 20.3 Å². The van der Waals surface area contributed by atoms with E-state index >= 15 is 0 Å². The maximum atomic E-state index is 11.6. The van der Waals surface area contributed by atoms with Crippen molar-refractivity contribution >= 4 is 11.6 Å². The molecule has 20 heavy (non-hydrogen) atoms. The van der Waals surface area contributed by atoms with E-state index in [1.807, 2.05) is 0 Å². The number of nitrogens with zero attached hydrogens (tertiary/aromatic N) is 1. The Balaban J connectivity index is 2.75. The molecule has 0 bridgehead atoms. The van der Waals surface area contributed by atoms with E-state index in [1.54, 1.807) is 6.92 Å². The van der Waals surface area contributed by atoms with E-state index in [0.717, 1.165) is 19.3 Å². The van der Waals surface area contributed by atoms with Crippen LogP contribution in [0.4, 0.5) is 0 Å². The molecule has 0 saturated carbocycles. The predicted molar refractivity (Wildman–Crippen MR) is 75.9 cm³/mol. The molecule has 0 spiro atoms. The SMILES string of the molecule is CCCCCC(=O)N/N=C(\C)c1c(O)cc(C)oc1=O. The molecule has 1 heterocycles. The fourth-order valence-electron chi connectivity index (χ4n) is 1.72. The number of amides is 1. The second-order valence-electron chi connectivity index (χ2n) is 4.59. The van der Waals surface area contributed by atoms with E-state index in [1.165, 1.54) is 13.0 Å². The van der Waals surface area contributed by atoms with Crippen molar-refractivity contribution in [2.45, 2.75) is 46.5 Å². The number of unbranched alkanes of at least 4 members (excludes halogenated alkanes) is 2. The Morgan fingerprint density at radius 3 is 2.75 bits per heavy atom. The van der Waals surface area contributed by atoms with Crippen LogP contribution >= 0.6 is 0 Å². The van der Waals surface area contributed by atoms with Crippen molar-refractivity contribution in [3.63, 3.8) is 0 Å².